The van der Waals surface area contributed by atoms with Gasteiger partial charge in [-0.25, -0.2) is 0 Å². The van der Waals surface area contributed by atoms with E-state index in [-0.39, 0.29) is 11.9 Å². The minimum absolute atomic E-state index is 0.158. The Morgan fingerprint density at radius 1 is 1.67 bits per heavy atom. The third-order valence-electron chi connectivity index (χ3n) is 2.86. The normalized spacial score (nSPS) is 21.7. The summed E-state index contributed by atoms with van der Waals surface area (Å²) >= 11 is 2.26. The van der Waals surface area contributed by atoms with Crippen LogP contribution in [0.1, 0.15) is 37.9 Å². The fourth-order valence-electron chi connectivity index (χ4n) is 2.12. The molecule has 82 valence electrons. The van der Waals surface area contributed by atoms with Crippen LogP contribution in [0.3, 0.4) is 0 Å². The number of carbonyl (C=O) groups excluding carboxylic acids is 1. The molecule has 2 heterocycles. The largest absolute Gasteiger partial charge is 0.334 e. The van der Waals surface area contributed by atoms with Crippen LogP contribution in [-0.2, 0) is 4.79 Å². The Hall–Kier alpha value is -0.590. The molecular weight excluding hydrogens is 305 g/mol. The smallest absolute Gasteiger partial charge is 0.220 e. The van der Waals surface area contributed by atoms with Gasteiger partial charge in [0.15, 0.2) is 0 Å². The highest BCUT2D eigenvalue weighted by atomic mass is 127. The zero-order valence-corrected chi connectivity index (χ0v) is 10.8. The third kappa shape index (κ3) is 2.16. The topological polar surface area (TPSA) is 49.0 Å². The first-order valence-electron chi connectivity index (χ1n) is 5.16. The van der Waals surface area contributed by atoms with Crippen LogP contribution in [0.15, 0.2) is 6.20 Å². The number of amides is 1. The fraction of sp³-hybridized carbons (Fsp3) is 0.600. The second-order valence-corrected chi connectivity index (χ2v) is 5.02. The third-order valence-corrected chi connectivity index (χ3v) is 3.72. The van der Waals surface area contributed by atoms with Crippen molar-refractivity contribution in [2.75, 3.05) is 6.54 Å². The first-order valence-corrected chi connectivity index (χ1v) is 6.24. The van der Waals surface area contributed by atoms with Gasteiger partial charge in [-0.2, -0.15) is 5.10 Å². The molecule has 1 unspecified atom stereocenters. The molecule has 1 amide bonds. The van der Waals surface area contributed by atoms with E-state index in [4.69, 9.17) is 0 Å². The van der Waals surface area contributed by atoms with Gasteiger partial charge in [0.25, 0.3) is 0 Å². The van der Waals surface area contributed by atoms with Crippen LogP contribution in [0.2, 0.25) is 0 Å². The number of aromatic amines is 1. The van der Waals surface area contributed by atoms with E-state index < -0.39 is 0 Å². The van der Waals surface area contributed by atoms with Gasteiger partial charge in [-0.05, 0) is 41.9 Å². The average Bonchev–Trinajstić information content (AvgIpc) is 2.64. The molecule has 4 nitrogen and oxygen atoms in total. The first kappa shape index (κ1) is 10.9. The van der Waals surface area contributed by atoms with Crippen LogP contribution < -0.4 is 0 Å². The zero-order valence-electron chi connectivity index (χ0n) is 8.66. The molecule has 1 aromatic rings. The molecule has 0 aliphatic carbocycles. The molecule has 15 heavy (non-hydrogen) atoms. The number of likely N-dealkylation sites (tertiary alicyclic amines) is 1. The predicted octanol–water partition coefficient (Wildman–Crippen LogP) is 2.09. The van der Waals surface area contributed by atoms with E-state index in [1.54, 1.807) is 6.92 Å². The number of piperidine rings is 1. The van der Waals surface area contributed by atoms with Crippen molar-refractivity contribution in [3.63, 3.8) is 0 Å². The lowest BCUT2D eigenvalue weighted by atomic mass is 9.99. The minimum atomic E-state index is 0.158. The Labute approximate surface area is 103 Å². The number of H-pyrrole nitrogens is 1. The second kappa shape index (κ2) is 4.51. The van der Waals surface area contributed by atoms with Gasteiger partial charge in [-0.15, -0.1) is 0 Å². The molecule has 1 aromatic heterocycles. The summed E-state index contributed by atoms with van der Waals surface area (Å²) in [5, 5.41) is 7.03. The summed E-state index contributed by atoms with van der Waals surface area (Å²) < 4.78 is 1.12. The van der Waals surface area contributed by atoms with Gasteiger partial charge in [0, 0.05) is 13.5 Å². The molecule has 2 rings (SSSR count). The van der Waals surface area contributed by atoms with Gasteiger partial charge < -0.3 is 4.90 Å². The van der Waals surface area contributed by atoms with Crippen LogP contribution in [0.4, 0.5) is 0 Å². The molecular formula is C10H14IN3O. The first-order chi connectivity index (χ1) is 7.20. The number of rotatable bonds is 1. The lowest BCUT2D eigenvalue weighted by molar-refractivity contribution is -0.132. The van der Waals surface area contributed by atoms with Gasteiger partial charge in [0.05, 0.1) is 21.5 Å². The van der Waals surface area contributed by atoms with E-state index in [0.717, 1.165) is 28.7 Å². The van der Waals surface area contributed by atoms with Gasteiger partial charge in [-0.3, -0.25) is 9.89 Å². The summed E-state index contributed by atoms with van der Waals surface area (Å²) in [5.41, 5.74) is 1.09. The zero-order chi connectivity index (χ0) is 10.8. The van der Waals surface area contributed by atoms with Crippen LogP contribution in [-0.4, -0.2) is 27.5 Å². The highest BCUT2D eigenvalue weighted by Gasteiger charge is 2.28. The Morgan fingerprint density at radius 2 is 2.47 bits per heavy atom. The number of carbonyl (C=O) groups is 1. The highest BCUT2D eigenvalue weighted by molar-refractivity contribution is 14.1. The van der Waals surface area contributed by atoms with Crippen molar-refractivity contribution >= 4 is 28.5 Å². The van der Waals surface area contributed by atoms with Gasteiger partial charge >= 0.3 is 0 Å². The molecule has 0 radical (unpaired) electrons. The van der Waals surface area contributed by atoms with E-state index in [9.17, 15) is 4.79 Å². The Morgan fingerprint density at radius 3 is 3.07 bits per heavy atom. The number of hydrogen-bond donors (Lipinski definition) is 1. The molecule has 1 aliphatic rings. The van der Waals surface area contributed by atoms with E-state index in [2.05, 4.69) is 32.8 Å². The standard InChI is InChI=1S/C10H14IN3O/c1-7(15)14-5-3-2-4-9(14)10-8(11)6-12-13-10/h6,9H,2-5H2,1H3,(H,12,13). The van der Waals surface area contributed by atoms with E-state index >= 15 is 0 Å². The molecule has 1 atom stereocenters. The fourth-order valence-corrected chi connectivity index (χ4v) is 2.74. The molecule has 5 heteroatoms. The lowest BCUT2D eigenvalue weighted by Crippen LogP contribution is -2.37. The maximum absolute atomic E-state index is 11.5. The summed E-state index contributed by atoms with van der Waals surface area (Å²) in [7, 11) is 0. The van der Waals surface area contributed by atoms with Gasteiger partial charge in [-0.1, -0.05) is 0 Å². The van der Waals surface area contributed by atoms with Gasteiger partial charge in [0.1, 0.15) is 0 Å². The Balaban J connectivity index is 2.25. The molecule has 0 aromatic carbocycles. The molecule has 1 N–H and O–H groups in total. The van der Waals surface area contributed by atoms with E-state index in [0.29, 0.717) is 0 Å². The monoisotopic (exact) mass is 319 g/mol. The number of halogens is 1. The summed E-state index contributed by atoms with van der Waals surface area (Å²) in [6.07, 6.45) is 5.14. The van der Waals surface area contributed by atoms with Crippen LogP contribution >= 0.6 is 22.6 Å². The number of nitrogens with one attached hydrogen (secondary N) is 1. The molecule has 0 spiro atoms. The summed E-state index contributed by atoms with van der Waals surface area (Å²) in [4.78, 5) is 13.4. The quantitative estimate of drug-likeness (QED) is 0.806. The maximum Gasteiger partial charge on any atom is 0.220 e. The molecule has 1 fully saturated rings. The molecule has 1 aliphatic heterocycles. The van der Waals surface area contributed by atoms with Crippen molar-refractivity contribution in [3.05, 3.63) is 15.5 Å². The summed E-state index contributed by atoms with van der Waals surface area (Å²) in [6.45, 7) is 2.51. The second-order valence-electron chi connectivity index (χ2n) is 3.86. The average molecular weight is 319 g/mol. The lowest BCUT2D eigenvalue weighted by Gasteiger charge is -2.34. The van der Waals surface area contributed by atoms with Crippen molar-refractivity contribution in [2.45, 2.75) is 32.2 Å². The number of nitrogens with zero attached hydrogens (tertiary/aromatic N) is 2. The van der Waals surface area contributed by atoms with E-state index in [1.807, 2.05) is 11.1 Å². The van der Waals surface area contributed by atoms with Gasteiger partial charge in [0.2, 0.25) is 5.91 Å². The Kier molecular flexibility index (Phi) is 3.28. The SMILES string of the molecule is CC(=O)N1CCCCC1c1[nH]ncc1I. The molecule has 0 bridgehead atoms. The molecule has 0 saturated carbocycles. The van der Waals surface area contributed by atoms with Crippen molar-refractivity contribution in [3.8, 4) is 0 Å². The van der Waals surface area contributed by atoms with Crippen molar-refractivity contribution in [2.24, 2.45) is 0 Å². The maximum atomic E-state index is 11.5. The minimum Gasteiger partial charge on any atom is -0.334 e. The van der Waals surface area contributed by atoms with E-state index in [1.165, 1.54) is 6.42 Å². The van der Waals surface area contributed by atoms with Crippen molar-refractivity contribution in [1.29, 1.82) is 0 Å². The predicted molar refractivity (Wildman–Crippen MR) is 65.3 cm³/mol. The van der Waals surface area contributed by atoms with Crippen LogP contribution in [0.25, 0.3) is 0 Å². The molecule has 1 saturated heterocycles. The van der Waals surface area contributed by atoms with Crippen molar-refractivity contribution in [1.82, 2.24) is 15.1 Å². The highest BCUT2D eigenvalue weighted by Crippen LogP contribution is 2.31. The van der Waals surface area contributed by atoms with Crippen LogP contribution in [0.5, 0.6) is 0 Å². The summed E-state index contributed by atoms with van der Waals surface area (Å²) in [6, 6.07) is 0.200. The number of hydrogen-bond acceptors (Lipinski definition) is 2. The number of aromatic nitrogens is 2. The Bertz CT molecular complexity index is 363. The summed E-state index contributed by atoms with van der Waals surface area (Å²) in [5.74, 6) is 0.158. The van der Waals surface area contributed by atoms with Crippen LogP contribution in [0, 0.1) is 3.57 Å². The van der Waals surface area contributed by atoms with Crippen molar-refractivity contribution < 1.29 is 4.79 Å².